The van der Waals surface area contributed by atoms with Gasteiger partial charge in [0, 0.05) is 0 Å². The molecule has 9 heteroatoms. The molecule has 0 rings (SSSR count). The van der Waals surface area contributed by atoms with Crippen LogP contribution >= 0.6 is 0 Å². The number of hydrogen-bond acceptors (Lipinski definition) is 7. The topological polar surface area (TPSA) is 180 Å². The van der Waals surface area contributed by atoms with Gasteiger partial charge >= 0.3 is 6.16 Å². The maximum atomic E-state index is 8.56. The number of unbranched alkanes of at least 4 members (excludes halogenated alkanes) is 9. The zero-order chi connectivity index (χ0) is 20.8. The van der Waals surface area contributed by atoms with Crippen LogP contribution in [-0.2, 0) is 14.4 Å². The number of carboxylic acid groups (broad SMARTS) is 2. The molecule has 0 bridgehead atoms. The van der Waals surface area contributed by atoms with Crippen LogP contribution in [0.4, 0.5) is 4.79 Å². The van der Waals surface area contributed by atoms with Crippen LogP contribution in [0.3, 0.4) is 0 Å². The summed E-state index contributed by atoms with van der Waals surface area (Å²) < 4.78 is 0. The Morgan fingerprint density at radius 3 is 0.880 bits per heavy atom. The molecule has 146 valence electrons. The summed E-state index contributed by atoms with van der Waals surface area (Å²) in [5.41, 5.74) is 0. The first kappa shape index (κ1) is 33.9. The van der Waals surface area contributed by atoms with Crippen LogP contribution in [0.15, 0.2) is 0 Å². The maximum Gasteiger partial charge on any atom is 0.503 e. The van der Waals surface area contributed by atoms with Gasteiger partial charge in [-0.25, -0.2) is 35.4 Å². The van der Waals surface area contributed by atoms with Crippen molar-refractivity contribution in [1.82, 2.24) is 0 Å². The summed E-state index contributed by atoms with van der Waals surface area (Å²) >= 11 is 0. The van der Waals surface area contributed by atoms with Crippen molar-refractivity contribution in [3.8, 4) is 0 Å². The SMILES string of the molecule is CCCCCCCCCCCC.N=C=O.N=C=O.N=C=O.O=C(O)O. The lowest BCUT2D eigenvalue weighted by Crippen LogP contribution is -1.81. The van der Waals surface area contributed by atoms with Crippen molar-refractivity contribution < 1.29 is 29.4 Å². The van der Waals surface area contributed by atoms with E-state index in [1.54, 1.807) is 0 Å². The number of hydrogen-bond donors (Lipinski definition) is 5. The van der Waals surface area contributed by atoms with Crippen LogP contribution in [0.2, 0.25) is 0 Å². The first-order valence-corrected chi connectivity index (χ1v) is 7.93. The van der Waals surface area contributed by atoms with Gasteiger partial charge in [-0.2, -0.15) is 0 Å². The Kier molecular flexibility index (Phi) is 67.2. The number of carbonyl (C=O) groups excluding carboxylic acids is 3. The average molecular weight is 361 g/mol. The van der Waals surface area contributed by atoms with Crippen LogP contribution < -0.4 is 0 Å². The van der Waals surface area contributed by atoms with Crippen LogP contribution in [0.1, 0.15) is 78.1 Å². The van der Waals surface area contributed by atoms with Crippen molar-refractivity contribution in [2.45, 2.75) is 78.1 Å². The Labute approximate surface area is 149 Å². The van der Waals surface area contributed by atoms with Crippen molar-refractivity contribution in [2.75, 3.05) is 0 Å². The second-order valence-electron chi connectivity index (χ2n) is 4.42. The highest BCUT2D eigenvalue weighted by atomic mass is 16.6. The fraction of sp³-hybridized carbons (Fsp3) is 0.750. The van der Waals surface area contributed by atoms with Crippen LogP contribution in [0.25, 0.3) is 0 Å². The molecule has 0 saturated heterocycles. The second kappa shape index (κ2) is 49.6. The predicted octanol–water partition coefficient (Wildman–Crippen LogP) is 4.85. The third-order valence-electron chi connectivity index (χ3n) is 2.46. The molecule has 0 aliphatic carbocycles. The largest absolute Gasteiger partial charge is 0.503 e. The molecule has 0 aliphatic rings. The van der Waals surface area contributed by atoms with Gasteiger partial charge in [-0.15, -0.1) is 0 Å². The lowest BCUT2D eigenvalue weighted by Gasteiger charge is -1.99. The summed E-state index contributed by atoms with van der Waals surface area (Å²) in [6.45, 7) is 4.56. The van der Waals surface area contributed by atoms with Crippen molar-refractivity contribution in [1.29, 1.82) is 16.2 Å². The van der Waals surface area contributed by atoms with Gasteiger partial charge < -0.3 is 10.2 Å². The highest BCUT2D eigenvalue weighted by Gasteiger charge is 1.90. The predicted molar refractivity (Wildman–Crippen MR) is 93.4 cm³/mol. The molecule has 0 fully saturated rings. The van der Waals surface area contributed by atoms with Gasteiger partial charge in [0.25, 0.3) is 0 Å². The molecule has 0 saturated carbocycles. The van der Waals surface area contributed by atoms with E-state index in [9.17, 15) is 0 Å². The molecule has 0 atom stereocenters. The van der Waals surface area contributed by atoms with E-state index in [0.717, 1.165) is 18.2 Å². The summed E-state index contributed by atoms with van der Waals surface area (Å²) in [4.78, 5) is 33.6. The molecule has 25 heavy (non-hydrogen) atoms. The summed E-state index contributed by atoms with van der Waals surface area (Å²) in [5.74, 6) is 0. The van der Waals surface area contributed by atoms with E-state index in [4.69, 9.17) is 45.6 Å². The van der Waals surface area contributed by atoms with Crippen LogP contribution in [0, 0.1) is 16.2 Å². The normalized spacial score (nSPS) is 6.96. The zero-order valence-electron chi connectivity index (χ0n) is 15.1. The Bertz CT molecular complexity index is 301. The Balaban J connectivity index is -0.0000000841. The fourth-order valence-electron chi connectivity index (χ4n) is 1.56. The molecular formula is C16H31N3O6. The van der Waals surface area contributed by atoms with Gasteiger partial charge in [0.1, 0.15) is 0 Å². The van der Waals surface area contributed by atoms with E-state index < -0.39 is 6.16 Å². The molecule has 0 radical (unpaired) electrons. The quantitative estimate of drug-likeness (QED) is 0.222. The number of carbonyl (C=O) groups is 1. The molecule has 0 heterocycles. The molecule has 0 aromatic carbocycles. The Hall–Kier alpha value is -2.59. The number of nitrogens with one attached hydrogen (secondary N) is 3. The minimum atomic E-state index is -1.83. The minimum Gasteiger partial charge on any atom is -0.450 e. The third kappa shape index (κ3) is 196. The van der Waals surface area contributed by atoms with Crippen molar-refractivity contribution in [3.05, 3.63) is 0 Å². The van der Waals surface area contributed by atoms with E-state index in [0.29, 0.717) is 0 Å². The highest BCUT2D eigenvalue weighted by Crippen LogP contribution is 2.09. The Morgan fingerprint density at radius 1 is 0.640 bits per heavy atom. The lowest BCUT2D eigenvalue weighted by atomic mass is 10.1. The Morgan fingerprint density at radius 2 is 0.760 bits per heavy atom. The van der Waals surface area contributed by atoms with Gasteiger partial charge in [0.15, 0.2) is 0 Å². The molecule has 0 spiro atoms. The third-order valence-corrected chi connectivity index (χ3v) is 2.46. The fourth-order valence-corrected chi connectivity index (χ4v) is 1.56. The molecule has 0 aromatic heterocycles. The molecule has 0 aromatic rings. The number of isocyanates is 3. The van der Waals surface area contributed by atoms with Crippen LogP contribution in [0.5, 0.6) is 0 Å². The lowest BCUT2D eigenvalue weighted by molar-refractivity contribution is 0.137. The van der Waals surface area contributed by atoms with Crippen molar-refractivity contribution in [3.63, 3.8) is 0 Å². The smallest absolute Gasteiger partial charge is 0.450 e. The molecule has 0 aliphatic heterocycles. The maximum absolute atomic E-state index is 8.56. The second-order valence-corrected chi connectivity index (χ2v) is 4.42. The summed E-state index contributed by atoms with van der Waals surface area (Å²) in [6, 6.07) is 0. The minimum absolute atomic E-state index is 0.750. The van der Waals surface area contributed by atoms with Crippen LogP contribution in [-0.4, -0.2) is 34.6 Å². The molecule has 5 N–H and O–H groups in total. The summed E-state index contributed by atoms with van der Waals surface area (Å²) in [6.07, 6.45) is 14.9. The molecular weight excluding hydrogens is 330 g/mol. The van der Waals surface area contributed by atoms with E-state index >= 15 is 0 Å². The first-order chi connectivity index (χ1) is 11.9. The standard InChI is InChI=1S/C12H26.3CHNO.CH2O3/c1-3-5-7-9-11-12-10-8-6-4-2;3*2-1-3;2-1(3)4/h3-12H2,1-2H3;3*2H;(H2,2,3,4). The van der Waals surface area contributed by atoms with Gasteiger partial charge in [-0.05, 0) is 0 Å². The van der Waals surface area contributed by atoms with E-state index in [1.807, 2.05) is 0 Å². The van der Waals surface area contributed by atoms with E-state index in [2.05, 4.69) is 13.8 Å². The molecule has 0 unspecified atom stereocenters. The monoisotopic (exact) mass is 361 g/mol. The highest BCUT2D eigenvalue weighted by molar-refractivity contribution is 5.53. The van der Waals surface area contributed by atoms with E-state index in [1.165, 1.54) is 64.2 Å². The van der Waals surface area contributed by atoms with Gasteiger partial charge in [-0.1, -0.05) is 78.1 Å². The summed E-state index contributed by atoms with van der Waals surface area (Å²) in [5, 5.41) is 30.2. The van der Waals surface area contributed by atoms with Gasteiger partial charge in [0.05, 0.1) is 0 Å². The van der Waals surface area contributed by atoms with Gasteiger partial charge in [-0.3, -0.25) is 0 Å². The van der Waals surface area contributed by atoms with Gasteiger partial charge in [0.2, 0.25) is 18.2 Å². The average Bonchev–Trinajstić information content (AvgIpc) is 2.52. The number of rotatable bonds is 9. The van der Waals surface area contributed by atoms with E-state index in [-0.39, 0.29) is 0 Å². The molecule has 0 amide bonds. The van der Waals surface area contributed by atoms with Crippen molar-refractivity contribution in [2.24, 2.45) is 0 Å². The zero-order valence-corrected chi connectivity index (χ0v) is 15.1. The first-order valence-electron chi connectivity index (χ1n) is 7.93. The van der Waals surface area contributed by atoms with Crippen molar-refractivity contribution >= 4 is 24.4 Å². The molecule has 9 nitrogen and oxygen atoms in total. The summed E-state index contributed by atoms with van der Waals surface area (Å²) in [7, 11) is 0.